The molecule has 1 saturated heterocycles. The van der Waals surface area contributed by atoms with Gasteiger partial charge in [0, 0.05) is 37.4 Å². The van der Waals surface area contributed by atoms with Gasteiger partial charge in [0.05, 0.1) is 16.8 Å². The van der Waals surface area contributed by atoms with Crippen LogP contribution >= 0.6 is 0 Å². The topological polar surface area (TPSA) is 45.3 Å². The lowest BCUT2D eigenvalue weighted by atomic mass is 10.0. The van der Waals surface area contributed by atoms with Crippen LogP contribution in [0.25, 0.3) is 10.9 Å². The first-order chi connectivity index (χ1) is 14.7. The van der Waals surface area contributed by atoms with Crippen LogP contribution < -0.4 is 9.64 Å². The van der Waals surface area contributed by atoms with E-state index in [0.29, 0.717) is 31.4 Å². The monoisotopic (exact) mass is 437 g/mol. The zero-order valence-corrected chi connectivity index (χ0v) is 16.2. The van der Waals surface area contributed by atoms with Gasteiger partial charge in [-0.25, -0.2) is 4.98 Å². The maximum absolute atomic E-state index is 13.9. The van der Waals surface area contributed by atoms with Crippen molar-refractivity contribution in [1.29, 1.82) is 0 Å². The Morgan fingerprint density at radius 1 is 0.935 bits per heavy atom. The molecular formula is C22H18F5N2O2. The van der Waals surface area contributed by atoms with Crippen molar-refractivity contribution in [3.8, 4) is 11.6 Å². The largest absolute Gasteiger partial charge is 0.490 e. The Balaban J connectivity index is 1.51. The molecule has 2 aromatic carbocycles. The van der Waals surface area contributed by atoms with E-state index in [0.717, 1.165) is 29.3 Å². The molecule has 1 fully saturated rings. The van der Waals surface area contributed by atoms with E-state index in [2.05, 4.69) is 4.98 Å². The summed E-state index contributed by atoms with van der Waals surface area (Å²) in [7, 11) is 0. The smallest absolute Gasteiger partial charge is 0.458 e. The number of hydrogen-bond donors (Lipinski definition) is 0. The van der Waals surface area contributed by atoms with Crippen molar-refractivity contribution in [3.05, 3.63) is 60.2 Å². The summed E-state index contributed by atoms with van der Waals surface area (Å²) >= 11 is 0. The second-order valence-corrected chi connectivity index (χ2v) is 7.37. The highest BCUT2D eigenvalue weighted by Gasteiger charge is 2.60. The van der Waals surface area contributed by atoms with Gasteiger partial charge in [0.15, 0.2) is 0 Å². The summed E-state index contributed by atoms with van der Waals surface area (Å²) in [5.41, 5.74) is 0.103. The number of benzene rings is 2. The highest BCUT2D eigenvalue weighted by atomic mass is 19.4. The highest BCUT2D eigenvalue weighted by molar-refractivity contribution is 5.92. The molecule has 1 radical (unpaired) electrons. The van der Waals surface area contributed by atoms with Crippen molar-refractivity contribution in [2.75, 3.05) is 18.0 Å². The minimum absolute atomic E-state index is 0.365. The summed E-state index contributed by atoms with van der Waals surface area (Å²) in [4.78, 5) is 5.96. The van der Waals surface area contributed by atoms with Gasteiger partial charge in [-0.2, -0.15) is 22.0 Å². The number of hydrogen-bond acceptors (Lipinski definition) is 3. The molecule has 2 heterocycles. The predicted octanol–water partition coefficient (Wildman–Crippen LogP) is 6.08. The van der Waals surface area contributed by atoms with Gasteiger partial charge in [-0.15, -0.1) is 0 Å². The first-order valence-corrected chi connectivity index (χ1v) is 9.69. The van der Waals surface area contributed by atoms with Gasteiger partial charge in [-0.1, -0.05) is 30.3 Å². The van der Waals surface area contributed by atoms with E-state index in [1.165, 1.54) is 12.1 Å². The number of rotatable bonds is 4. The Kier molecular flexibility index (Phi) is 5.36. The number of piperidine rings is 1. The van der Waals surface area contributed by atoms with E-state index >= 15 is 0 Å². The van der Waals surface area contributed by atoms with E-state index in [9.17, 15) is 27.1 Å². The van der Waals surface area contributed by atoms with Gasteiger partial charge in [-0.05, 0) is 18.2 Å². The lowest BCUT2D eigenvalue weighted by Gasteiger charge is -2.35. The molecule has 31 heavy (non-hydrogen) atoms. The fourth-order valence-electron chi connectivity index (χ4n) is 3.77. The summed E-state index contributed by atoms with van der Waals surface area (Å²) in [6, 6.07) is 13.0. The summed E-state index contributed by atoms with van der Waals surface area (Å²) in [5.74, 6) is -5.85. The normalized spacial score (nSPS) is 16.0. The third-order valence-electron chi connectivity index (χ3n) is 5.33. The summed E-state index contributed by atoms with van der Waals surface area (Å²) in [5, 5.41) is 12.8. The van der Waals surface area contributed by atoms with Crippen LogP contribution in [0.4, 0.5) is 27.6 Å². The highest BCUT2D eigenvalue weighted by Crippen LogP contribution is 2.47. The van der Waals surface area contributed by atoms with Crippen LogP contribution in [0, 0.1) is 0 Å². The number of nitrogens with zero attached hydrogens (tertiary/aromatic N) is 2. The van der Waals surface area contributed by atoms with Crippen molar-refractivity contribution in [2.24, 2.45) is 0 Å². The molecule has 0 bridgehead atoms. The molecule has 0 amide bonds. The number of pyridine rings is 1. The number of halogens is 5. The molecule has 1 aromatic heterocycles. The van der Waals surface area contributed by atoms with Crippen molar-refractivity contribution < 1.29 is 31.8 Å². The molecule has 3 aromatic rings. The Morgan fingerprint density at radius 2 is 1.58 bits per heavy atom. The second kappa shape index (κ2) is 7.86. The number of alkyl halides is 5. The molecule has 4 nitrogen and oxygen atoms in total. The molecule has 163 valence electrons. The maximum atomic E-state index is 13.9. The van der Waals surface area contributed by atoms with E-state index < -0.39 is 29.5 Å². The average molecular weight is 437 g/mol. The number of ether oxygens (including phenoxy) is 1. The molecule has 1 aliphatic rings. The van der Waals surface area contributed by atoms with E-state index in [1.807, 2.05) is 17.0 Å². The molecular weight excluding hydrogens is 419 g/mol. The standard InChI is InChI=1S/C22H18F5N2O2/c23-21(24,22(25,26)27)16-6-2-4-8-19(16)31-14-9-11-29(12-10-14)18-13-20(30)28-17-7-3-1-5-15(17)18/h1-8,13-14H,9-12H2. The molecule has 4 rings (SSSR count). The zero-order valence-electron chi connectivity index (χ0n) is 16.2. The zero-order chi connectivity index (χ0) is 22.2. The Hall–Kier alpha value is -3.10. The quantitative estimate of drug-likeness (QED) is 0.465. The third-order valence-corrected chi connectivity index (χ3v) is 5.33. The van der Waals surface area contributed by atoms with Gasteiger partial charge in [0.25, 0.3) is 5.88 Å². The predicted molar refractivity (Wildman–Crippen MR) is 104 cm³/mol. The van der Waals surface area contributed by atoms with Crippen molar-refractivity contribution in [3.63, 3.8) is 0 Å². The van der Waals surface area contributed by atoms with Crippen LogP contribution in [0.3, 0.4) is 0 Å². The van der Waals surface area contributed by atoms with Gasteiger partial charge in [-0.3, -0.25) is 5.11 Å². The summed E-state index contributed by atoms with van der Waals surface area (Å²) in [6.07, 6.45) is -5.44. The minimum Gasteiger partial charge on any atom is -0.490 e. The van der Waals surface area contributed by atoms with Crippen LogP contribution in [0.5, 0.6) is 11.6 Å². The molecule has 9 heteroatoms. The molecule has 1 aliphatic heterocycles. The third kappa shape index (κ3) is 4.08. The first-order valence-electron chi connectivity index (χ1n) is 9.69. The Labute approximate surface area is 174 Å². The molecule has 0 N–H and O–H groups in total. The Morgan fingerprint density at radius 3 is 2.29 bits per heavy atom. The summed E-state index contributed by atoms with van der Waals surface area (Å²) in [6.45, 7) is 0.909. The van der Waals surface area contributed by atoms with Crippen molar-refractivity contribution in [2.45, 2.75) is 31.0 Å². The number of anilines is 1. The maximum Gasteiger partial charge on any atom is 0.458 e. The van der Waals surface area contributed by atoms with E-state index in [4.69, 9.17) is 4.74 Å². The van der Waals surface area contributed by atoms with Crippen LogP contribution in [0.1, 0.15) is 18.4 Å². The number of fused-ring (bicyclic) bond motifs is 1. The van der Waals surface area contributed by atoms with Gasteiger partial charge < -0.3 is 9.64 Å². The molecule has 0 aliphatic carbocycles. The SMILES string of the molecule is [O]c1cc(N2CCC(Oc3ccccc3C(F)(F)C(F)(F)F)CC2)c2ccccc2n1. The number of para-hydroxylation sites is 2. The van der Waals surface area contributed by atoms with Gasteiger partial charge in [0.1, 0.15) is 11.9 Å². The van der Waals surface area contributed by atoms with Crippen LogP contribution in [0.2, 0.25) is 0 Å². The van der Waals surface area contributed by atoms with Crippen LogP contribution in [-0.2, 0) is 11.0 Å². The van der Waals surface area contributed by atoms with Crippen molar-refractivity contribution >= 4 is 16.6 Å². The van der Waals surface area contributed by atoms with Crippen molar-refractivity contribution in [1.82, 2.24) is 4.98 Å². The molecule has 0 saturated carbocycles. The van der Waals surface area contributed by atoms with Crippen LogP contribution in [-0.4, -0.2) is 30.4 Å². The van der Waals surface area contributed by atoms with E-state index in [-0.39, 0.29) is 5.88 Å². The van der Waals surface area contributed by atoms with E-state index in [1.54, 1.807) is 12.1 Å². The lowest BCUT2D eigenvalue weighted by Crippen LogP contribution is -2.39. The van der Waals surface area contributed by atoms with Gasteiger partial charge >= 0.3 is 12.1 Å². The molecule has 0 unspecified atom stereocenters. The lowest BCUT2D eigenvalue weighted by molar-refractivity contribution is -0.289. The molecule has 0 atom stereocenters. The fourth-order valence-corrected chi connectivity index (χ4v) is 3.77. The van der Waals surface area contributed by atoms with Gasteiger partial charge in [0.2, 0.25) is 0 Å². The fraction of sp³-hybridized carbons (Fsp3) is 0.318. The minimum atomic E-state index is -5.71. The van der Waals surface area contributed by atoms with Crippen LogP contribution in [0.15, 0.2) is 54.6 Å². The average Bonchev–Trinajstić information content (AvgIpc) is 2.73. The summed E-state index contributed by atoms with van der Waals surface area (Å²) < 4.78 is 71.9. The second-order valence-electron chi connectivity index (χ2n) is 7.37. The molecule has 0 spiro atoms. The number of aromatic nitrogens is 1. The first kappa shape index (κ1) is 21.1. The Bertz CT molecular complexity index is 1080.